The Morgan fingerprint density at radius 3 is 1.18 bits per heavy atom. The summed E-state index contributed by atoms with van der Waals surface area (Å²) in [5.74, 6) is 1.61. The molecule has 0 N–H and O–H groups in total. The maximum absolute atomic E-state index is 4.84. The monoisotopic (exact) mass is 768 g/mol. The molecule has 0 atom stereocenters. The lowest BCUT2D eigenvalue weighted by Gasteiger charge is -2.27. The van der Waals surface area contributed by atoms with Gasteiger partial charge in [0.25, 0.3) is 0 Å². The first-order valence-corrected chi connectivity index (χ1v) is 20.0. The Morgan fingerprint density at radius 2 is 0.750 bits per heavy atom. The Kier molecular flexibility index (Phi) is 8.71. The second kappa shape index (κ2) is 14.9. The van der Waals surface area contributed by atoms with Crippen molar-refractivity contribution in [2.24, 2.45) is 0 Å². The number of hydrogen-bond acceptors (Lipinski definition) is 6. The first kappa shape index (κ1) is 35.0. The van der Waals surface area contributed by atoms with Gasteiger partial charge < -0.3 is 0 Å². The van der Waals surface area contributed by atoms with Gasteiger partial charge in [-0.2, -0.15) is 0 Å². The molecule has 4 aromatic heterocycles. The Balaban J connectivity index is 1.28. The second-order valence-electron chi connectivity index (χ2n) is 14.8. The molecule has 6 heteroatoms. The van der Waals surface area contributed by atoms with Crippen molar-refractivity contribution in [2.45, 2.75) is 0 Å². The minimum Gasteiger partial charge on any atom is -0.293 e. The molecule has 0 aliphatic carbocycles. The van der Waals surface area contributed by atoms with Gasteiger partial charge in [0.05, 0.1) is 23.8 Å². The summed E-state index contributed by atoms with van der Waals surface area (Å²) in [5, 5.41) is 9.31. The molecule has 0 fully saturated rings. The Morgan fingerprint density at radius 1 is 0.300 bits per heavy atom. The highest BCUT2D eigenvalue weighted by atomic mass is 15.2. The van der Waals surface area contributed by atoms with E-state index in [1.54, 1.807) is 12.4 Å². The molecule has 0 aliphatic heterocycles. The fourth-order valence-corrected chi connectivity index (χ4v) is 8.57. The van der Waals surface area contributed by atoms with E-state index in [0.29, 0.717) is 0 Å². The third kappa shape index (κ3) is 6.24. The third-order valence-corrected chi connectivity index (χ3v) is 11.2. The normalized spacial score (nSPS) is 11.3. The van der Waals surface area contributed by atoms with Gasteiger partial charge in [-0.15, -0.1) is 0 Å². The molecule has 11 aromatic rings. The Bertz CT molecular complexity index is 3100. The number of pyridine rings is 4. The van der Waals surface area contributed by atoms with Gasteiger partial charge >= 0.3 is 0 Å². The van der Waals surface area contributed by atoms with Gasteiger partial charge in [0.1, 0.15) is 11.6 Å². The fraction of sp³-hybridized carbons (Fsp3) is 0. The minimum atomic E-state index is 0.803. The van der Waals surface area contributed by atoms with E-state index in [1.807, 2.05) is 73.3 Å². The van der Waals surface area contributed by atoms with Gasteiger partial charge in [-0.1, -0.05) is 97.1 Å². The predicted molar refractivity (Wildman–Crippen MR) is 248 cm³/mol. The van der Waals surface area contributed by atoms with E-state index in [0.717, 1.165) is 72.6 Å². The molecule has 11 rings (SSSR count). The summed E-state index contributed by atoms with van der Waals surface area (Å²) in [6.45, 7) is 0. The summed E-state index contributed by atoms with van der Waals surface area (Å²) in [6, 6.07) is 64.6. The largest absolute Gasteiger partial charge is 0.293 e. The molecule has 0 radical (unpaired) electrons. The van der Waals surface area contributed by atoms with E-state index in [2.05, 4.69) is 153 Å². The number of benzene rings is 7. The van der Waals surface area contributed by atoms with Crippen LogP contribution in [0.3, 0.4) is 0 Å². The molecule has 60 heavy (non-hydrogen) atoms. The van der Waals surface area contributed by atoms with Crippen molar-refractivity contribution in [1.82, 2.24) is 19.9 Å². The van der Waals surface area contributed by atoms with Crippen LogP contribution >= 0.6 is 0 Å². The van der Waals surface area contributed by atoms with E-state index >= 15 is 0 Å². The molecular weight excluding hydrogens is 733 g/mol. The highest BCUT2D eigenvalue weighted by Gasteiger charge is 2.23. The number of aromatic nitrogens is 4. The molecule has 0 saturated carbocycles. The summed E-state index contributed by atoms with van der Waals surface area (Å²) in [7, 11) is 0. The van der Waals surface area contributed by atoms with Gasteiger partial charge in [-0.05, 0) is 150 Å². The maximum Gasteiger partial charge on any atom is 0.137 e. The smallest absolute Gasteiger partial charge is 0.137 e. The van der Waals surface area contributed by atoms with Crippen molar-refractivity contribution in [1.29, 1.82) is 0 Å². The number of fused-ring (bicyclic) bond motifs is 4. The molecule has 0 spiro atoms. The van der Waals surface area contributed by atoms with Gasteiger partial charge in [0.2, 0.25) is 0 Å². The lowest BCUT2D eigenvalue weighted by molar-refractivity contribution is 1.16. The fourth-order valence-electron chi connectivity index (χ4n) is 8.57. The SMILES string of the molecule is c1ccc(N(c2cccnc2)c2ccc3c(-c4ccc5ccccc5c4)c4ccc(N(c5cccnc5)c5ccccn5)cc4c(-c4ccc5ccccc5c4)c3c2)nc1. The Labute approximate surface area is 347 Å². The molecule has 0 unspecified atom stereocenters. The molecule has 7 aromatic carbocycles. The zero-order chi connectivity index (χ0) is 39.8. The van der Waals surface area contributed by atoms with Crippen LogP contribution in [0.2, 0.25) is 0 Å². The van der Waals surface area contributed by atoms with Gasteiger partial charge in [0.15, 0.2) is 0 Å². The molecular formula is C54H36N6. The first-order valence-electron chi connectivity index (χ1n) is 20.0. The number of nitrogens with zero attached hydrogens (tertiary/aromatic N) is 6. The van der Waals surface area contributed by atoms with Crippen molar-refractivity contribution >= 4 is 77.5 Å². The second-order valence-corrected chi connectivity index (χ2v) is 14.8. The zero-order valence-electron chi connectivity index (χ0n) is 32.5. The molecule has 0 saturated heterocycles. The number of anilines is 6. The molecule has 0 amide bonds. The van der Waals surface area contributed by atoms with E-state index in [4.69, 9.17) is 9.97 Å². The number of hydrogen-bond donors (Lipinski definition) is 0. The summed E-state index contributed by atoms with van der Waals surface area (Å²) < 4.78 is 0. The van der Waals surface area contributed by atoms with E-state index < -0.39 is 0 Å². The quantitative estimate of drug-likeness (QED) is 0.144. The summed E-state index contributed by atoms with van der Waals surface area (Å²) in [6.07, 6.45) is 11.1. The van der Waals surface area contributed by atoms with E-state index in [-0.39, 0.29) is 0 Å². The molecule has 0 aliphatic rings. The number of rotatable bonds is 8. The van der Waals surface area contributed by atoms with Crippen LogP contribution < -0.4 is 9.80 Å². The first-order chi connectivity index (χ1) is 29.8. The molecule has 282 valence electrons. The average molecular weight is 769 g/mol. The molecule has 0 bridgehead atoms. The zero-order valence-corrected chi connectivity index (χ0v) is 32.5. The maximum atomic E-state index is 4.84. The summed E-state index contributed by atoms with van der Waals surface area (Å²) >= 11 is 0. The van der Waals surface area contributed by atoms with Crippen LogP contribution in [-0.2, 0) is 0 Å². The van der Waals surface area contributed by atoms with Crippen molar-refractivity contribution < 1.29 is 0 Å². The van der Waals surface area contributed by atoms with Crippen LogP contribution in [0.4, 0.5) is 34.4 Å². The van der Waals surface area contributed by atoms with E-state index in [9.17, 15) is 0 Å². The minimum absolute atomic E-state index is 0.803. The van der Waals surface area contributed by atoms with Crippen LogP contribution in [0.1, 0.15) is 0 Å². The van der Waals surface area contributed by atoms with Crippen molar-refractivity contribution in [2.75, 3.05) is 9.80 Å². The highest BCUT2D eigenvalue weighted by Crippen LogP contribution is 2.48. The lowest BCUT2D eigenvalue weighted by Crippen LogP contribution is -2.12. The topological polar surface area (TPSA) is 58.0 Å². The van der Waals surface area contributed by atoms with E-state index in [1.165, 1.54) is 27.1 Å². The average Bonchev–Trinajstić information content (AvgIpc) is 3.32. The molecule has 6 nitrogen and oxygen atoms in total. The van der Waals surface area contributed by atoms with Crippen LogP contribution in [-0.4, -0.2) is 19.9 Å². The lowest BCUT2D eigenvalue weighted by atomic mass is 9.84. The van der Waals surface area contributed by atoms with Crippen LogP contribution in [0.15, 0.2) is 219 Å². The van der Waals surface area contributed by atoms with Crippen molar-refractivity contribution in [3.05, 3.63) is 219 Å². The van der Waals surface area contributed by atoms with Gasteiger partial charge in [-0.25, -0.2) is 9.97 Å². The van der Waals surface area contributed by atoms with Crippen LogP contribution in [0.25, 0.3) is 65.3 Å². The summed E-state index contributed by atoms with van der Waals surface area (Å²) in [4.78, 5) is 23.1. The van der Waals surface area contributed by atoms with Crippen molar-refractivity contribution in [3.63, 3.8) is 0 Å². The van der Waals surface area contributed by atoms with Gasteiger partial charge in [0, 0.05) is 36.2 Å². The predicted octanol–water partition coefficient (Wildman–Crippen LogP) is 14.2. The standard InChI is InChI=1S/C54H36N6/c1-3-13-39-31-41(21-19-37(39)11-1)53-47-25-23-43(59(45-15-9-27-55-35-45)51-17-5-7-29-57-51)33-49(47)54(42-22-20-38-12-2-4-14-40(38)32-42)50-34-44(24-26-48(50)53)60(46-16-10-28-56-36-46)52-18-6-8-30-58-52/h1-36H. The molecule has 4 heterocycles. The summed E-state index contributed by atoms with van der Waals surface area (Å²) in [5.41, 5.74) is 8.37. The van der Waals surface area contributed by atoms with Crippen molar-refractivity contribution in [3.8, 4) is 22.3 Å². The van der Waals surface area contributed by atoms with Crippen LogP contribution in [0.5, 0.6) is 0 Å². The third-order valence-electron chi connectivity index (χ3n) is 11.2. The van der Waals surface area contributed by atoms with Crippen LogP contribution in [0, 0.1) is 0 Å². The van der Waals surface area contributed by atoms with Gasteiger partial charge in [-0.3, -0.25) is 19.8 Å². The Hall–Kier alpha value is -8.22. The highest BCUT2D eigenvalue weighted by molar-refractivity contribution is 6.23.